The molecule has 4 N–H and O–H groups in total. The fraction of sp³-hybridized carbons (Fsp3) is 0.308. The number of hydrogen-bond donors (Lipinski definition) is 3. The number of aryl methyl sites for hydroxylation is 1. The Labute approximate surface area is 240 Å². The van der Waals surface area contributed by atoms with Crippen molar-refractivity contribution in [3.05, 3.63) is 71.0 Å². The molecule has 0 aliphatic carbocycles. The van der Waals surface area contributed by atoms with E-state index in [9.17, 15) is 31.1 Å². The lowest BCUT2D eigenvalue weighted by Gasteiger charge is -2.37. The van der Waals surface area contributed by atoms with Gasteiger partial charge in [-0.15, -0.1) is 0 Å². The van der Waals surface area contributed by atoms with E-state index in [0.29, 0.717) is 18.1 Å². The van der Waals surface area contributed by atoms with E-state index in [1.807, 2.05) is 29.4 Å². The van der Waals surface area contributed by atoms with Gasteiger partial charge in [-0.2, -0.15) is 26.3 Å². The number of nitrogens with zero attached hydrogens (tertiary/aromatic N) is 3. The molecule has 3 aromatic rings. The number of nitrogens with two attached hydrogens (primary N) is 1. The number of amides is 1. The molecule has 9 nitrogen and oxygen atoms in total. The second kappa shape index (κ2) is 14.2. The molecule has 42 heavy (non-hydrogen) atoms. The number of aliphatic carboxylic acids is 2. The van der Waals surface area contributed by atoms with E-state index in [0.717, 1.165) is 29.6 Å². The quantitative estimate of drug-likeness (QED) is 0.354. The molecule has 16 heteroatoms. The van der Waals surface area contributed by atoms with Gasteiger partial charge in [0.15, 0.2) is 0 Å². The SMILES string of the molecule is Cc1cncc2cccc(N3CCN(C(=O)C(N)c4ccc(Cl)cc4)CC3)c12.O=C(O)C(F)(F)F.O=C(O)C(F)(F)F. The van der Waals surface area contributed by atoms with E-state index in [2.05, 4.69) is 35.0 Å². The third-order valence-electron chi connectivity index (χ3n) is 5.86. The number of carboxylic acids is 2. The maximum atomic E-state index is 12.8. The van der Waals surface area contributed by atoms with Gasteiger partial charge in [0.05, 0.1) is 0 Å². The predicted octanol–water partition coefficient (Wildman–Crippen LogP) is 4.81. The topological polar surface area (TPSA) is 137 Å². The maximum Gasteiger partial charge on any atom is 0.490 e. The van der Waals surface area contributed by atoms with Crippen LogP contribution in [-0.2, 0) is 14.4 Å². The molecule has 0 radical (unpaired) electrons. The van der Waals surface area contributed by atoms with E-state index in [-0.39, 0.29) is 5.91 Å². The molecule has 4 rings (SSSR count). The summed E-state index contributed by atoms with van der Waals surface area (Å²) in [5.41, 5.74) is 9.35. The maximum absolute atomic E-state index is 12.8. The number of rotatable bonds is 3. The minimum absolute atomic E-state index is 0.0414. The third-order valence-corrected chi connectivity index (χ3v) is 6.12. The molecule has 1 aliphatic rings. The lowest BCUT2D eigenvalue weighted by atomic mass is 10.0. The molecule has 1 unspecified atom stereocenters. The monoisotopic (exact) mass is 622 g/mol. The molecule has 228 valence electrons. The number of pyridine rings is 1. The standard InChI is InChI=1S/C22H23ClN4O.2C2HF3O2/c1-15-13-25-14-17-3-2-4-19(20(15)17)26-9-11-27(12-10-26)22(28)21(24)16-5-7-18(23)8-6-16;2*3-2(4,5)1(6)7/h2-8,13-14,21H,9-12,24H2,1H3;2*(H,6,7). The van der Waals surface area contributed by atoms with Crippen LogP contribution in [0.1, 0.15) is 17.2 Å². The number of anilines is 1. The molecule has 1 fully saturated rings. The van der Waals surface area contributed by atoms with E-state index >= 15 is 0 Å². The van der Waals surface area contributed by atoms with Crippen LogP contribution in [0, 0.1) is 6.92 Å². The van der Waals surface area contributed by atoms with Gasteiger partial charge in [0.1, 0.15) is 6.04 Å². The Balaban J connectivity index is 0.000000367. The number of carboxylic acid groups (broad SMARTS) is 2. The van der Waals surface area contributed by atoms with Gasteiger partial charge in [-0.1, -0.05) is 35.9 Å². The molecule has 2 heterocycles. The fourth-order valence-electron chi connectivity index (χ4n) is 3.83. The highest BCUT2D eigenvalue weighted by atomic mass is 35.5. The molecular weight excluding hydrogens is 598 g/mol. The van der Waals surface area contributed by atoms with Crippen molar-refractivity contribution in [3.63, 3.8) is 0 Å². The first-order valence-corrected chi connectivity index (χ1v) is 12.3. The van der Waals surface area contributed by atoms with Gasteiger partial charge in [-0.25, -0.2) is 9.59 Å². The number of carbonyl (C=O) groups is 3. The minimum Gasteiger partial charge on any atom is -0.475 e. The van der Waals surface area contributed by atoms with Crippen molar-refractivity contribution in [1.29, 1.82) is 0 Å². The molecule has 1 saturated heterocycles. The molecule has 2 aromatic carbocycles. The zero-order chi connectivity index (χ0) is 31.8. The largest absolute Gasteiger partial charge is 0.490 e. The average Bonchev–Trinajstić information content (AvgIpc) is 2.92. The summed E-state index contributed by atoms with van der Waals surface area (Å²) >= 11 is 5.93. The number of benzene rings is 2. The fourth-order valence-corrected chi connectivity index (χ4v) is 3.96. The van der Waals surface area contributed by atoms with Crippen molar-refractivity contribution in [1.82, 2.24) is 9.88 Å². The van der Waals surface area contributed by atoms with E-state index in [1.54, 1.807) is 12.1 Å². The molecule has 1 aliphatic heterocycles. The zero-order valence-electron chi connectivity index (χ0n) is 21.8. The highest BCUT2D eigenvalue weighted by molar-refractivity contribution is 6.30. The van der Waals surface area contributed by atoms with Crippen LogP contribution in [0.4, 0.5) is 32.0 Å². The lowest BCUT2D eigenvalue weighted by Crippen LogP contribution is -2.51. The number of fused-ring (bicyclic) bond motifs is 1. The van der Waals surface area contributed by atoms with Crippen LogP contribution in [0.2, 0.25) is 5.02 Å². The zero-order valence-corrected chi connectivity index (χ0v) is 22.5. The Morgan fingerprint density at radius 2 is 1.38 bits per heavy atom. The molecular formula is C26H25ClF6N4O5. The van der Waals surface area contributed by atoms with Gasteiger partial charge in [0, 0.05) is 60.1 Å². The van der Waals surface area contributed by atoms with Crippen LogP contribution in [0.25, 0.3) is 10.8 Å². The third kappa shape index (κ3) is 9.48. The Morgan fingerprint density at radius 3 is 1.86 bits per heavy atom. The Kier molecular flexibility index (Phi) is 11.5. The summed E-state index contributed by atoms with van der Waals surface area (Å²) in [6, 6.07) is 12.8. The van der Waals surface area contributed by atoms with Crippen LogP contribution >= 0.6 is 11.6 Å². The van der Waals surface area contributed by atoms with Gasteiger partial charge in [0.25, 0.3) is 0 Å². The van der Waals surface area contributed by atoms with Crippen molar-refractivity contribution < 1.29 is 50.9 Å². The Bertz CT molecular complexity index is 1370. The van der Waals surface area contributed by atoms with Crippen LogP contribution in [0.5, 0.6) is 0 Å². The Morgan fingerprint density at radius 1 is 0.881 bits per heavy atom. The van der Waals surface area contributed by atoms with E-state index in [4.69, 9.17) is 37.1 Å². The summed E-state index contributed by atoms with van der Waals surface area (Å²) in [5.74, 6) is -5.56. The molecule has 1 atom stereocenters. The van der Waals surface area contributed by atoms with Crippen LogP contribution in [0.15, 0.2) is 54.9 Å². The normalized spacial score (nSPS) is 14.2. The van der Waals surface area contributed by atoms with Gasteiger partial charge in [0.2, 0.25) is 5.91 Å². The summed E-state index contributed by atoms with van der Waals surface area (Å²) in [7, 11) is 0. The summed E-state index contributed by atoms with van der Waals surface area (Å²) in [6.45, 7) is 4.95. The van der Waals surface area contributed by atoms with E-state index in [1.165, 1.54) is 11.1 Å². The van der Waals surface area contributed by atoms with Crippen molar-refractivity contribution in [2.45, 2.75) is 25.3 Å². The molecule has 1 aromatic heterocycles. The molecule has 1 amide bonds. The van der Waals surface area contributed by atoms with Crippen LogP contribution in [-0.4, -0.2) is 76.5 Å². The molecule has 0 spiro atoms. The number of halogens is 7. The van der Waals surface area contributed by atoms with E-state index < -0.39 is 30.3 Å². The summed E-state index contributed by atoms with van der Waals surface area (Å²) in [4.78, 5) is 39.1. The lowest BCUT2D eigenvalue weighted by molar-refractivity contribution is -0.193. The van der Waals surface area contributed by atoms with Gasteiger partial charge >= 0.3 is 24.3 Å². The summed E-state index contributed by atoms with van der Waals surface area (Å²) in [5, 5.41) is 17.3. The van der Waals surface area contributed by atoms with Crippen molar-refractivity contribution in [3.8, 4) is 0 Å². The first-order valence-electron chi connectivity index (χ1n) is 11.9. The highest BCUT2D eigenvalue weighted by Gasteiger charge is 2.39. The second-order valence-corrected chi connectivity index (χ2v) is 9.22. The van der Waals surface area contributed by atoms with Crippen molar-refractivity contribution >= 4 is 45.9 Å². The second-order valence-electron chi connectivity index (χ2n) is 8.78. The predicted molar refractivity (Wildman–Crippen MR) is 141 cm³/mol. The summed E-state index contributed by atoms with van der Waals surface area (Å²) < 4.78 is 63.5. The van der Waals surface area contributed by atoms with Crippen molar-refractivity contribution in [2.24, 2.45) is 5.73 Å². The first-order chi connectivity index (χ1) is 19.4. The minimum atomic E-state index is -5.08. The Hall–Kier alpha value is -4.11. The number of carbonyl (C=O) groups excluding carboxylic acids is 1. The summed E-state index contributed by atoms with van der Waals surface area (Å²) in [6.07, 6.45) is -6.37. The number of aromatic nitrogens is 1. The average molecular weight is 623 g/mol. The van der Waals surface area contributed by atoms with Crippen molar-refractivity contribution in [2.75, 3.05) is 31.1 Å². The smallest absolute Gasteiger partial charge is 0.475 e. The number of alkyl halides is 6. The number of hydrogen-bond acceptors (Lipinski definition) is 6. The highest BCUT2D eigenvalue weighted by Crippen LogP contribution is 2.30. The number of piperazine rings is 1. The van der Waals surface area contributed by atoms with Crippen LogP contribution < -0.4 is 10.6 Å². The van der Waals surface area contributed by atoms with Gasteiger partial charge in [-0.05, 0) is 36.2 Å². The first kappa shape index (κ1) is 34.1. The van der Waals surface area contributed by atoms with Crippen LogP contribution in [0.3, 0.4) is 0 Å². The van der Waals surface area contributed by atoms with Gasteiger partial charge < -0.3 is 25.7 Å². The van der Waals surface area contributed by atoms with Gasteiger partial charge in [-0.3, -0.25) is 9.78 Å². The molecule has 0 bridgehead atoms. The molecule has 0 saturated carbocycles.